The van der Waals surface area contributed by atoms with E-state index in [1.807, 2.05) is 54.6 Å². The zero-order chi connectivity index (χ0) is 19.1. The van der Waals surface area contributed by atoms with Crippen LogP contribution in [0.1, 0.15) is 17.0 Å². The number of nitrogens with two attached hydrogens (primary N) is 2. The molecule has 0 bridgehead atoms. The Balaban J connectivity index is 1.56. The second kappa shape index (κ2) is 8.61. The van der Waals surface area contributed by atoms with E-state index in [2.05, 4.69) is 15.0 Å². The van der Waals surface area contributed by atoms with Crippen LogP contribution in [0.3, 0.4) is 0 Å². The second-order valence-corrected chi connectivity index (χ2v) is 5.69. The number of anilines is 2. The highest BCUT2D eigenvalue weighted by Crippen LogP contribution is 2.21. The molecule has 138 valence electrons. The normalized spacial score (nSPS) is 10.4. The van der Waals surface area contributed by atoms with E-state index >= 15 is 0 Å². The van der Waals surface area contributed by atoms with E-state index in [1.54, 1.807) is 0 Å². The lowest BCUT2D eigenvalue weighted by molar-refractivity contribution is -0.147. The van der Waals surface area contributed by atoms with Crippen LogP contribution in [-0.2, 0) is 22.6 Å². The number of nitrogen functional groups attached to an aromatic ring is 2. The minimum Gasteiger partial charge on any atom is -0.482 e. The Kier molecular flexibility index (Phi) is 5.78. The molecule has 1 aromatic heterocycles. The predicted octanol–water partition coefficient (Wildman–Crippen LogP) is 1.75. The Morgan fingerprint density at radius 2 is 1.56 bits per heavy atom. The first-order valence-corrected chi connectivity index (χ1v) is 8.26. The predicted molar refractivity (Wildman–Crippen MR) is 99.6 cm³/mol. The van der Waals surface area contributed by atoms with Crippen molar-refractivity contribution in [3.05, 3.63) is 71.5 Å². The van der Waals surface area contributed by atoms with Crippen molar-refractivity contribution in [1.29, 1.82) is 0 Å². The van der Waals surface area contributed by atoms with E-state index in [0.717, 1.165) is 11.1 Å². The van der Waals surface area contributed by atoms with Crippen LogP contribution in [0.4, 0.5) is 11.9 Å². The summed E-state index contributed by atoms with van der Waals surface area (Å²) < 4.78 is 10.7. The zero-order valence-corrected chi connectivity index (χ0v) is 14.5. The first-order chi connectivity index (χ1) is 13.1. The van der Waals surface area contributed by atoms with Gasteiger partial charge in [-0.15, -0.1) is 0 Å². The molecule has 0 aliphatic heterocycles. The minimum atomic E-state index is -0.554. The zero-order valence-electron chi connectivity index (χ0n) is 14.5. The molecule has 0 saturated carbocycles. The number of benzene rings is 2. The summed E-state index contributed by atoms with van der Waals surface area (Å²) >= 11 is 0. The lowest BCUT2D eigenvalue weighted by atomic mass is 10.0. The summed E-state index contributed by atoms with van der Waals surface area (Å²) in [6.45, 7) is -0.396. The number of hydrogen-bond donors (Lipinski definition) is 2. The van der Waals surface area contributed by atoms with Gasteiger partial charge < -0.3 is 20.9 Å². The summed E-state index contributed by atoms with van der Waals surface area (Å²) in [6.07, 6.45) is 0.704. The molecule has 0 atom stereocenters. The number of nitrogens with zero attached hydrogens (tertiary/aromatic N) is 3. The van der Waals surface area contributed by atoms with Gasteiger partial charge in [0.2, 0.25) is 11.9 Å². The van der Waals surface area contributed by atoms with Crippen LogP contribution in [0.5, 0.6) is 5.75 Å². The summed E-state index contributed by atoms with van der Waals surface area (Å²) in [6, 6.07) is 17.6. The average Bonchev–Trinajstić information content (AvgIpc) is 2.66. The Labute approximate surface area is 156 Å². The fourth-order valence-electron chi connectivity index (χ4n) is 2.45. The van der Waals surface area contributed by atoms with Crippen molar-refractivity contribution in [3.63, 3.8) is 0 Å². The van der Waals surface area contributed by atoms with Crippen molar-refractivity contribution in [2.45, 2.75) is 13.0 Å². The fraction of sp³-hybridized carbons (Fsp3) is 0.158. The van der Waals surface area contributed by atoms with Gasteiger partial charge in [0, 0.05) is 6.42 Å². The summed E-state index contributed by atoms with van der Waals surface area (Å²) in [7, 11) is 0. The van der Waals surface area contributed by atoms with E-state index < -0.39 is 5.97 Å². The molecule has 8 nitrogen and oxygen atoms in total. The lowest BCUT2D eigenvalue weighted by Gasteiger charge is -2.11. The van der Waals surface area contributed by atoms with Crippen LogP contribution >= 0.6 is 0 Å². The highest BCUT2D eigenvalue weighted by Gasteiger charge is 2.10. The van der Waals surface area contributed by atoms with Crippen molar-refractivity contribution >= 4 is 17.9 Å². The molecule has 27 heavy (non-hydrogen) atoms. The second-order valence-electron chi connectivity index (χ2n) is 5.69. The molecule has 0 unspecified atom stereocenters. The van der Waals surface area contributed by atoms with E-state index in [1.165, 1.54) is 0 Å². The van der Waals surface area contributed by atoms with Crippen molar-refractivity contribution in [2.24, 2.45) is 0 Å². The van der Waals surface area contributed by atoms with Gasteiger partial charge in [-0.3, -0.25) is 0 Å². The average molecular weight is 365 g/mol. The van der Waals surface area contributed by atoms with Gasteiger partial charge >= 0.3 is 5.97 Å². The van der Waals surface area contributed by atoms with Crippen molar-refractivity contribution in [1.82, 2.24) is 15.0 Å². The third-order valence-corrected chi connectivity index (χ3v) is 3.63. The van der Waals surface area contributed by atoms with E-state index in [9.17, 15) is 4.79 Å². The van der Waals surface area contributed by atoms with Gasteiger partial charge in [-0.25, -0.2) is 4.79 Å². The van der Waals surface area contributed by atoms with Crippen molar-refractivity contribution < 1.29 is 14.3 Å². The number of ether oxygens (including phenoxy) is 2. The topological polar surface area (TPSA) is 126 Å². The summed E-state index contributed by atoms with van der Waals surface area (Å²) in [4.78, 5) is 23.3. The Morgan fingerprint density at radius 1 is 0.889 bits per heavy atom. The largest absolute Gasteiger partial charge is 0.482 e. The van der Waals surface area contributed by atoms with Gasteiger partial charge in [-0.05, 0) is 17.2 Å². The maximum absolute atomic E-state index is 11.9. The fourth-order valence-corrected chi connectivity index (χ4v) is 2.45. The summed E-state index contributed by atoms with van der Waals surface area (Å²) in [5.74, 6) is 0.200. The third-order valence-electron chi connectivity index (χ3n) is 3.63. The highest BCUT2D eigenvalue weighted by molar-refractivity contribution is 5.71. The molecule has 0 aliphatic rings. The van der Waals surface area contributed by atoms with Gasteiger partial charge in [0.1, 0.15) is 5.75 Å². The van der Waals surface area contributed by atoms with Gasteiger partial charge in [0.05, 0.1) is 0 Å². The Hall–Kier alpha value is -3.68. The number of carbonyl (C=O) groups excluding carboxylic acids is 1. The molecule has 2 aromatic carbocycles. The Morgan fingerprint density at radius 3 is 2.30 bits per heavy atom. The first-order valence-electron chi connectivity index (χ1n) is 8.26. The number of hydrogen-bond acceptors (Lipinski definition) is 8. The van der Waals surface area contributed by atoms with Crippen molar-refractivity contribution in [3.8, 4) is 5.75 Å². The van der Waals surface area contributed by atoms with Crippen molar-refractivity contribution in [2.75, 3.05) is 18.1 Å². The van der Waals surface area contributed by atoms with E-state index in [0.29, 0.717) is 12.2 Å². The van der Waals surface area contributed by atoms with E-state index in [-0.39, 0.29) is 30.9 Å². The molecular weight excluding hydrogens is 346 g/mol. The molecule has 0 saturated heterocycles. The van der Waals surface area contributed by atoms with Crippen LogP contribution in [0.2, 0.25) is 0 Å². The highest BCUT2D eigenvalue weighted by atomic mass is 16.6. The molecule has 4 N–H and O–H groups in total. The van der Waals surface area contributed by atoms with Crippen LogP contribution < -0.4 is 16.2 Å². The molecule has 8 heteroatoms. The maximum Gasteiger partial charge on any atom is 0.344 e. The molecule has 0 radical (unpaired) electrons. The molecule has 0 fully saturated rings. The lowest BCUT2D eigenvalue weighted by Crippen LogP contribution is -2.17. The molecule has 0 spiro atoms. The maximum atomic E-state index is 11.9. The molecular formula is C19H19N5O3. The van der Waals surface area contributed by atoms with Crippen LogP contribution in [-0.4, -0.2) is 27.5 Å². The standard InChI is InChI=1S/C19H19N5O3/c20-18-22-16(23-19(21)24-18)11-27-17(25)12-26-15-9-5-4-8-14(15)10-13-6-2-1-3-7-13/h1-9H,10-12H2,(H4,20,21,22,23,24). The van der Waals surface area contributed by atoms with Gasteiger partial charge in [-0.1, -0.05) is 48.5 Å². The number of aromatic nitrogens is 3. The Bertz CT molecular complexity index is 898. The van der Waals surface area contributed by atoms with Gasteiger partial charge in [0.25, 0.3) is 0 Å². The smallest absolute Gasteiger partial charge is 0.344 e. The monoisotopic (exact) mass is 365 g/mol. The van der Waals surface area contributed by atoms with Crippen LogP contribution in [0, 0.1) is 0 Å². The van der Waals surface area contributed by atoms with E-state index in [4.69, 9.17) is 20.9 Å². The molecule has 1 heterocycles. The quantitative estimate of drug-likeness (QED) is 0.606. The van der Waals surface area contributed by atoms with Gasteiger partial charge in [0.15, 0.2) is 19.0 Å². The molecule has 3 rings (SSSR count). The number of esters is 1. The number of rotatable bonds is 7. The molecule has 0 aliphatic carbocycles. The molecule has 3 aromatic rings. The van der Waals surface area contributed by atoms with Gasteiger partial charge in [-0.2, -0.15) is 15.0 Å². The molecule has 0 amide bonds. The summed E-state index contributed by atoms with van der Waals surface area (Å²) in [5, 5.41) is 0. The first kappa shape index (κ1) is 18.1. The van der Waals surface area contributed by atoms with Crippen LogP contribution in [0.15, 0.2) is 54.6 Å². The number of carbonyl (C=O) groups is 1. The SMILES string of the molecule is Nc1nc(N)nc(COC(=O)COc2ccccc2Cc2ccccc2)n1. The van der Waals surface area contributed by atoms with Crippen LogP contribution in [0.25, 0.3) is 0 Å². The summed E-state index contributed by atoms with van der Waals surface area (Å²) in [5.41, 5.74) is 13.1. The minimum absolute atomic E-state index is 0.0281. The number of para-hydroxylation sites is 1. The third kappa shape index (κ3) is 5.40.